The van der Waals surface area contributed by atoms with E-state index in [4.69, 9.17) is 0 Å². The van der Waals surface area contributed by atoms with Crippen LogP contribution in [0.3, 0.4) is 0 Å². The molecule has 0 unspecified atom stereocenters. The second-order valence-corrected chi connectivity index (χ2v) is 8.75. The van der Waals surface area contributed by atoms with Crippen LogP contribution < -0.4 is 5.32 Å². The first-order valence-electron chi connectivity index (χ1n) is 9.34. The maximum Gasteiger partial charge on any atom is 0.258 e. The van der Waals surface area contributed by atoms with Crippen molar-refractivity contribution in [3.8, 4) is 0 Å². The summed E-state index contributed by atoms with van der Waals surface area (Å²) in [6.07, 6.45) is 0. The molecular weight excluding hydrogens is 413 g/mol. The molecule has 2 nitrogen and oxygen atoms in total. The van der Waals surface area contributed by atoms with E-state index in [1.807, 2.05) is 72.8 Å². The highest BCUT2D eigenvalue weighted by Crippen LogP contribution is 2.36. The fraction of sp³-hybridized carbons (Fsp3) is 0. The van der Waals surface area contributed by atoms with Crippen molar-refractivity contribution in [3.05, 3.63) is 115 Å². The van der Waals surface area contributed by atoms with Gasteiger partial charge in [-0.1, -0.05) is 72.1 Å². The fourth-order valence-corrected chi connectivity index (χ4v) is 4.80. The predicted octanol–water partition coefficient (Wildman–Crippen LogP) is 7.38. The molecule has 4 rings (SSSR count). The van der Waals surface area contributed by atoms with E-state index in [0.29, 0.717) is 5.69 Å². The molecule has 1 amide bonds. The van der Waals surface area contributed by atoms with Crippen LogP contribution in [0.25, 0.3) is 0 Å². The van der Waals surface area contributed by atoms with Crippen LogP contribution in [0.1, 0.15) is 10.4 Å². The van der Waals surface area contributed by atoms with Crippen molar-refractivity contribution in [2.45, 2.75) is 19.6 Å². The van der Waals surface area contributed by atoms with Crippen LogP contribution in [0, 0.1) is 5.82 Å². The molecule has 0 aromatic heterocycles. The quantitative estimate of drug-likeness (QED) is 0.345. The summed E-state index contributed by atoms with van der Waals surface area (Å²) in [6, 6.07) is 32.0. The Morgan fingerprint density at radius 3 is 1.67 bits per heavy atom. The Morgan fingerprint density at radius 2 is 1.13 bits per heavy atom. The average Bonchev–Trinajstić information content (AvgIpc) is 2.75. The van der Waals surface area contributed by atoms with Gasteiger partial charge in [0.15, 0.2) is 0 Å². The maximum atomic E-state index is 14.0. The highest BCUT2D eigenvalue weighted by molar-refractivity contribution is 8.00. The third-order valence-corrected chi connectivity index (χ3v) is 6.17. The summed E-state index contributed by atoms with van der Waals surface area (Å²) < 4.78 is 14.0. The number of rotatable bonds is 6. The Hall–Kier alpha value is -3.02. The zero-order chi connectivity index (χ0) is 20.8. The van der Waals surface area contributed by atoms with Crippen LogP contribution in [-0.2, 0) is 0 Å². The summed E-state index contributed by atoms with van der Waals surface area (Å²) in [5.74, 6) is -1.01. The number of benzene rings is 4. The summed E-state index contributed by atoms with van der Waals surface area (Å²) in [7, 11) is 0. The first-order valence-corrected chi connectivity index (χ1v) is 11.0. The lowest BCUT2D eigenvalue weighted by Gasteiger charge is -2.11. The summed E-state index contributed by atoms with van der Waals surface area (Å²) in [4.78, 5) is 16.8. The Labute approximate surface area is 183 Å². The maximum absolute atomic E-state index is 14.0. The zero-order valence-electron chi connectivity index (χ0n) is 15.9. The van der Waals surface area contributed by atoms with Crippen LogP contribution >= 0.6 is 23.5 Å². The first kappa shape index (κ1) is 20.3. The largest absolute Gasteiger partial charge is 0.322 e. The number of carbonyl (C=O) groups is 1. The minimum Gasteiger partial charge on any atom is -0.322 e. The minimum absolute atomic E-state index is 0.0240. The molecule has 0 spiro atoms. The van der Waals surface area contributed by atoms with E-state index in [2.05, 4.69) is 11.4 Å². The van der Waals surface area contributed by atoms with Crippen molar-refractivity contribution in [1.29, 1.82) is 0 Å². The third kappa shape index (κ3) is 5.32. The Bertz CT molecular complexity index is 1090. The molecular formula is C25H18FNOS2. The van der Waals surface area contributed by atoms with Gasteiger partial charge < -0.3 is 5.32 Å². The predicted molar refractivity (Wildman–Crippen MR) is 122 cm³/mol. The van der Waals surface area contributed by atoms with Gasteiger partial charge in [-0.05, 0) is 54.6 Å². The van der Waals surface area contributed by atoms with Crippen molar-refractivity contribution in [3.63, 3.8) is 0 Å². The molecule has 0 saturated carbocycles. The third-order valence-electron chi connectivity index (χ3n) is 4.21. The lowest BCUT2D eigenvalue weighted by Crippen LogP contribution is -2.13. The summed E-state index contributed by atoms with van der Waals surface area (Å²) in [5.41, 5.74) is 0.651. The molecule has 0 atom stereocenters. The zero-order valence-corrected chi connectivity index (χ0v) is 17.6. The Balaban J connectivity index is 1.64. The van der Waals surface area contributed by atoms with Crippen LogP contribution in [0.15, 0.2) is 123 Å². The van der Waals surface area contributed by atoms with E-state index in [9.17, 15) is 9.18 Å². The van der Waals surface area contributed by atoms with Crippen LogP contribution in [0.5, 0.6) is 0 Å². The molecule has 5 heteroatoms. The molecule has 148 valence electrons. The molecule has 0 fully saturated rings. The standard InChI is InChI=1S/C25H18FNOS2/c26-24-14-8-7-13-23(24)25(28)27-18-15-21(29-19-9-3-1-4-10-19)17-22(16-18)30-20-11-5-2-6-12-20/h1-17H,(H,27,28). The SMILES string of the molecule is O=C(Nc1cc(Sc2ccccc2)cc(Sc2ccccc2)c1)c1ccccc1F. The van der Waals surface area contributed by atoms with Crippen molar-refractivity contribution in [1.82, 2.24) is 0 Å². The molecule has 0 aliphatic heterocycles. The fourth-order valence-electron chi connectivity index (χ4n) is 2.85. The highest BCUT2D eigenvalue weighted by atomic mass is 32.2. The lowest BCUT2D eigenvalue weighted by atomic mass is 10.2. The van der Waals surface area contributed by atoms with Crippen molar-refractivity contribution >= 4 is 35.1 Å². The number of nitrogens with one attached hydrogen (secondary N) is 1. The molecule has 0 saturated heterocycles. The van der Waals surface area contributed by atoms with Gasteiger partial charge in [0.1, 0.15) is 5.82 Å². The highest BCUT2D eigenvalue weighted by Gasteiger charge is 2.13. The van der Waals surface area contributed by atoms with Gasteiger partial charge >= 0.3 is 0 Å². The number of hydrogen-bond acceptors (Lipinski definition) is 3. The van der Waals surface area contributed by atoms with Gasteiger partial charge in [-0.25, -0.2) is 4.39 Å². The molecule has 0 radical (unpaired) electrons. The van der Waals surface area contributed by atoms with Crippen molar-refractivity contribution < 1.29 is 9.18 Å². The number of halogens is 1. The second kappa shape index (κ2) is 9.65. The number of hydrogen-bond donors (Lipinski definition) is 1. The van der Waals surface area contributed by atoms with E-state index in [-0.39, 0.29) is 5.56 Å². The normalized spacial score (nSPS) is 10.6. The number of carbonyl (C=O) groups excluding carboxylic acids is 1. The smallest absolute Gasteiger partial charge is 0.258 e. The molecule has 0 aliphatic rings. The second-order valence-electron chi connectivity index (χ2n) is 6.46. The number of anilines is 1. The van der Waals surface area contributed by atoms with E-state index >= 15 is 0 Å². The molecule has 4 aromatic carbocycles. The lowest BCUT2D eigenvalue weighted by molar-refractivity contribution is 0.102. The van der Waals surface area contributed by atoms with Gasteiger partial charge in [0.2, 0.25) is 0 Å². The van der Waals surface area contributed by atoms with Gasteiger partial charge in [-0.15, -0.1) is 0 Å². The molecule has 0 heterocycles. The van der Waals surface area contributed by atoms with E-state index in [0.717, 1.165) is 19.6 Å². The minimum atomic E-state index is -0.538. The summed E-state index contributed by atoms with van der Waals surface area (Å²) in [6.45, 7) is 0. The van der Waals surface area contributed by atoms with Crippen molar-refractivity contribution in [2.75, 3.05) is 5.32 Å². The summed E-state index contributed by atoms with van der Waals surface area (Å²) >= 11 is 3.23. The van der Waals surface area contributed by atoms with Crippen LogP contribution in [0.4, 0.5) is 10.1 Å². The van der Waals surface area contributed by atoms with Gasteiger partial charge in [0.25, 0.3) is 5.91 Å². The van der Waals surface area contributed by atoms with Crippen LogP contribution in [0.2, 0.25) is 0 Å². The van der Waals surface area contributed by atoms with E-state index in [1.54, 1.807) is 35.7 Å². The average molecular weight is 432 g/mol. The van der Waals surface area contributed by atoms with Gasteiger partial charge in [0.05, 0.1) is 5.56 Å². The van der Waals surface area contributed by atoms with E-state index in [1.165, 1.54) is 12.1 Å². The van der Waals surface area contributed by atoms with E-state index < -0.39 is 11.7 Å². The first-order chi connectivity index (χ1) is 14.7. The molecule has 0 bridgehead atoms. The molecule has 4 aromatic rings. The van der Waals surface area contributed by atoms with Gasteiger partial charge in [-0.2, -0.15) is 0 Å². The Morgan fingerprint density at radius 1 is 0.633 bits per heavy atom. The molecule has 1 N–H and O–H groups in total. The Kier molecular flexibility index (Phi) is 6.52. The monoisotopic (exact) mass is 431 g/mol. The molecule has 30 heavy (non-hydrogen) atoms. The van der Waals surface area contributed by atoms with Gasteiger partial charge in [0, 0.05) is 25.3 Å². The topological polar surface area (TPSA) is 29.1 Å². The van der Waals surface area contributed by atoms with Gasteiger partial charge in [-0.3, -0.25) is 4.79 Å². The summed E-state index contributed by atoms with van der Waals surface area (Å²) in [5, 5.41) is 2.85. The van der Waals surface area contributed by atoms with Crippen LogP contribution in [-0.4, -0.2) is 5.91 Å². The molecule has 0 aliphatic carbocycles. The number of amides is 1. The van der Waals surface area contributed by atoms with Crippen molar-refractivity contribution in [2.24, 2.45) is 0 Å².